The van der Waals surface area contributed by atoms with Crippen LogP contribution in [0.2, 0.25) is 0 Å². The molecule has 8 rings (SSSR count). The van der Waals surface area contributed by atoms with E-state index in [1.165, 1.54) is 22.3 Å². The summed E-state index contributed by atoms with van der Waals surface area (Å²) in [6.45, 7) is 0. The maximum absolute atomic E-state index is 3.57. The number of rotatable bonds is 4. The first kappa shape index (κ1) is 21.7. The van der Waals surface area contributed by atoms with E-state index in [0.29, 0.717) is 15.7 Å². The third-order valence-corrected chi connectivity index (χ3v) is 27.4. The first-order valence-corrected chi connectivity index (χ1v) is 20.0. The zero-order chi connectivity index (χ0) is 24.4. The molecule has 4 aliphatic rings. The van der Waals surface area contributed by atoms with E-state index >= 15 is 0 Å². The molecule has 0 fully saturated rings. The summed E-state index contributed by atoms with van der Waals surface area (Å²) in [6.07, 6.45) is 20.1. The van der Waals surface area contributed by atoms with E-state index in [1.807, 2.05) is 0 Å². The van der Waals surface area contributed by atoms with Crippen LogP contribution in [0, 0.1) is 0 Å². The molecule has 0 spiro atoms. The minimum absolute atomic E-state index is 0.480. The molecule has 0 aromatic heterocycles. The van der Waals surface area contributed by atoms with Crippen LogP contribution in [0.15, 0.2) is 121 Å². The van der Waals surface area contributed by atoms with Gasteiger partial charge in [0.15, 0.2) is 0 Å². The zero-order valence-electron chi connectivity index (χ0n) is 20.7. The van der Waals surface area contributed by atoms with Crippen molar-refractivity contribution in [1.29, 1.82) is 0 Å². The molecule has 0 aliphatic heterocycles. The van der Waals surface area contributed by atoms with Crippen LogP contribution < -0.4 is 0 Å². The van der Waals surface area contributed by atoms with Crippen molar-refractivity contribution < 1.29 is 0 Å². The second-order valence-electron chi connectivity index (χ2n) is 10.9. The Balaban J connectivity index is 1.47. The quantitative estimate of drug-likeness (QED) is 0.212. The molecule has 4 atom stereocenters. The van der Waals surface area contributed by atoms with Gasteiger partial charge in [-0.25, -0.2) is 0 Å². The molecule has 0 heterocycles. The van der Waals surface area contributed by atoms with Crippen LogP contribution in [0.5, 0.6) is 0 Å². The third kappa shape index (κ3) is 3.03. The van der Waals surface area contributed by atoms with E-state index in [0.717, 1.165) is 0 Å². The molecule has 37 heavy (non-hydrogen) atoms. The van der Waals surface area contributed by atoms with Crippen LogP contribution in [0.4, 0.5) is 0 Å². The third-order valence-electron chi connectivity index (χ3n) is 9.35. The molecule has 0 nitrogen and oxygen atoms in total. The Hall–Kier alpha value is -3.36. The fourth-order valence-electron chi connectivity index (χ4n) is 7.90. The van der Waals surface area contributed by atoms with E-state index in [-0.39, 0.29) is 0 Å². The van der Waals surface area contributed by atoms with E-state index in [9.17, 15) is 0 Å². The van der Waals surface area contributed by atoms with Gasteiger partial charge in [-0.1, -0.05) is 0 Å². The van der Waals surface area contributed by atoms with Crippen LogP contribution >= 0.6 is 0 Å². The number of allylic oxidation sites excluding steroid dienone is 4. The Morgan fingerprint density at radius 1 is 0.324 bits per heavy atom. The van der Waals surface area contributed by atoms with Gasteiger partial charge in [-0.3, -0.25) is 0 Å². The van der Waals surface area contributed by atoms with Gasteiger partial charge in [0.1, 0.15) is 0 Å². The Bertz CT molecular complexity index is 1410. The van der Waals surface area contributed by atoms with Crippen molar-refractivity contribution in [2.45, 2.75) is 15.7 Å². The molecule has 4 aliphatic carbocycles. The Kier molecular flexibility index (Phi) is 4.88. The van der Waals surface area contributed by atoms with Gasteiger partial charge < -0.3 is 0 Å². The normalized spacial score (nSPS) is 25.1. The number of benzene rings is 4. The van der Waals surface area contributed by atoms with E-state index in [4.69, 9.17) is 0 Å². The van der Waals surface area contributed by atoms with E-state index in [2.05, 4.69) is 146 Å². The van der Waals surface area contributed by atoms with Crippen molar-refractivity contribution in [1.82, 2.24) is 0 Å². The molecule has 0 N–H and O–H groups in total. The zero-order valence-corrected chi connectivity index (χ0v) is 23.5. The molecule has 0 saturated heterocycles. The van der Waals surface area contributed by atoms with Crippen LogP contribution in [0.25, 0.3) is 24.3 Å². The van der Waals surface area contributed by atoms with Crippen molar-refractivity contribution in [2.75, 3.05) is 0 Å². The summed E-state index contributed by atoms with van der Waals surface area (Å²) in [5, 5.41) is 0. The topological polar surface area (TPSA) is 0 Å². The molecule has 176 valence electrons. The summed E-state index contributed by atoms with van der Waals surface area (Å²) in [6, 6.07) is 36.8. The Morgan fingerprint density at radius 2 is 0.568 bits per heavy atom. The van der Waals surface area contributed by atoms with Crippen molar-refractivity contribution in [2.24, 2.45) is 0 Å². The molecule has 4 unspecified atom stereocenters. The van der Waals surface area contributed by atoms with Crippen molar-refractivity contribution in [3.05, 3.63) is 166 Å². The molecule has 0 saturated carbocycles. The number of hydrogen-bond donors (Lipinski definition) is 0. The summed E-state index contributed by atoms with van der Waals surface area (Å²) < 4.78 is 1.92. The van der Waals surface area contributed by atoms with Gasteiger partial charge in [0.25, 0.3) is 0 Å². The summed E-state index contributed by atoms with van der Waals surface area (Å²) in [5.41, 5.74) is 11.8. The Morgan fingerprint density at radius 3 is 0.838 bits per heavy atom. The van der Waals surface area contributed by atoms with Crippen molar-refractivity contribution in [3.8, 4) is 0 Å². The summed E-state index contributed by atoms with van der Waals surface area (Å²) in [7, 11) is 0. The Labute approximate surface area is 223 Å². The first-order valence-electron chi connectivity index (χ1n) is 13.4. The second-order valence-corrected chi connectivity index (χ2v) is 23.7. The average molecular weight is 579 g/mol. The fourth-order valence-corrected chi connectivity index (χ4v) is 28.6. The van der Waals surface area contributed by atoms with Gasteiger partial charge in [-0.05, 0) is 0 Å². The summed E-state index contributed by atoms with van der Waals surface area (Å²) in [5.74, 6) is 0. The summed E-state index contributed by atoms with van der Waals surface area (Å²) >= 11 is -3.57. The fraction of sp³-hybridized carbons (Fsp3) is 0.111. The number of fused-ring (bicyclic) bond motifs is 4. The van der Waals surface area contributed by atoms with Gasteiger partial charge in [0.2, 0.25) is 0 Å². The molecule has 4 aromatic carbocycles. The van der Waals surface area contributed by atoms with E-state index < -0.39 is 18.4 Å². The predicted molar refractivity (Wildman–Crippen MR) is 159 cm³/mol. The molecular weight excluding hydrogens is 551 g/mol. The number of hydrogen-bond acceptors (Lipinski definition) is 0. The minimum atomic E-state index is -3.57. The first-order chi connectivity index (χ1) is 18.4. The van der Waals surface area contributed by atoms with Crippen LogP contribution in [-0.2, 0) is 0 Å². The molecular formula is C36H28Sn. The monoisotopic (exact) mass is 580 g/mol. The molecule has 1 heteroatoms. The van der Waals surface area contributed by atoms with Gasteiger partial charge in [-0.2, -0.15) is 0 Å². The molecule has 0 bridgehead atoms. The van der Waals surface area contributed by atoms with E-state index in [1.54, 1.807) is 22.3 Å². The van der Waals surface area contributed by atoms with Gasteiger partial charge in [0, 0.05) is 0 Å². The molecule has 0 amide bonds. The average Bonchev–Trinajstić information content (AvgIpc) is 3.75. The van der Waals surface area contributed by atoms with Gasteiger partial charge in [0.05, 0.1) is 0 Å². The summed E-state index contributed by atoms with van der Waals surface area (Å²) in [4.78, 5) is 0. The molecule has 0 radical (unpaired) electrons. The van der Waals surface area contributed by atoms with Crippen LogP contribution in [0.3, 0.4) is 0 Å². The second kappa shape index (κ2) is 8.33. The van der Waals surface area contributed by atoms with Gasteiger partial charge >= 0.3 is 224 Å². The standard InChI is InChI=1S/4C9H7.Sn/c4*1-2-5-9-7-3-6-8(9)4-1;/h4*1-7H;. The van der Waals surface area contributed by atoms with Crippen LogP contribution in [0.1, 0.15) is 60.2 Å². The predicted octanol–water partition coefficient (Wildman–Crippen LogP) is 8.83. The van der Waals surface area contributed by atoms with Gasteiger partial charge in [-0.15, -0.1) is 0 Å². The van der Waals surface area contributed by atoms with Crippen molar-refractivity contribution >= 4 is 42.7 Å². The SMILES string of the molecule is C1=C[CH]([Sn]([CH]2C=Cc3ccccc32)([CH]2C=Cc3ccccc32)[CH]2C=Cc3ccccc32)c2ccccc21. The maximum atomic E-state index is 2.61. The van der Waals surface area contributed by atoms with Crippen LogP contribution in [-0.4, -0.2) is 18.4 Å². The van der Waals surface area contributed by atoms with Crippen molar-refractivity contribution in [3.63, 3.8) is 0 Å². The molecule has 4 aromatic rings.